The first-order valence-electron chi connectivity index (χ1n) is 13.4. The fraction of sp³-hybridized carbons (Fsp3) is 0.808. The Bertz CT molecular complexity index is 600. The lowest BCUT2D eigenvalue weighted by molar-refractivity contribution is -0.295. The monoisotopic (exact) mass is 470 g/mol. The van der Waals surface area contributed by atoms with Crippen LogP contribution in [0, 0.1) is 0 Å². The van der Waals surface area contributed by atoms with Crippen molar-refractivity contribution in [2.24, 2.45) is 5.73 Å². The van der Waals surface area contributed by atoms with Crippen LogP contribution in [0.15, 0.2) is 24.3 Å². The summed E-state index contributed by atoms with van der Waals surface area (Å²) in [6.07, 6.45) is 19.0. The van der Waals surface area contributed by atoms with Crippen LogP contribution < -0.4 is 5.73 Å². The molecule has 0 aromatic heterocycles. The summed E-state index contributed by atoms with van der Waals surface area (Å²) in [5, 5.41) is 39.4. The SMILES string of the molecule is [2H]CCCCCCCCCCCCCCCC=CC=CC(=O)C1(O)O[C@H](CO)[C@@H](O)[C@H](O)[C@H]1N. The van der Waals surface area contributed by atoms with Crippen LogP contribution in [-0.4, -0.2) is 63.0 Å². The summed E-state index contributed by atoms with van der Waals surface area (Å²) in [7, 11) is 0. The molecule has 0 amide bonds. The Balaban J connectivity index is 2.09. The number of rotatable bonds is 18. The van der Waals surface area contributed by atoms with Gasteiger partial charge in [0.25, 0.3) is 0 Å². The van der Waals surface area contributed by atoms with E-state index in [1.54, 1.807) is 6.08 Å². The van der Waals surface area contributed by atoms with Gasteiger partial charge in [0.2, 0.25) is 11.6 Å². The largest absolute Gasteiger partial charge is 0.394 e. The molecule has 0 radical (unpaired) electrons. The molecule has 33 heavy (non-hydrogen) atoms. The number of aliphatic hydroxyl groups excluding tert-OH is 3. The number of ketones is 1. The molecule has 1 aliphatic rings. The van der Waals surface area contributed by atoms with Crippen LogP contribution in [0.2, 0.25) is 0 Å². The van der Waals surface area contributed by atoms with Gasteiger partial charge in [-0.1, -0.05) is 102 Å². The maximum Gasteiger partial charge on any atom is 0.249 e. The molecular weight excluding hydrogens is 422 g/mol. The maximum absolute atomic E-state index is 12.4. The minimum atomic E-state index is -2.50. The standard InChI is InChI=1S/C26H47NO6/c1-2-3-4-5-6-7-8-9-10-11-12-13-14-15-16-17-18-19-22(29)26(32)25(27)24(31)23(30)21(20-28)33-26/h16-19,21,23-25,28,30-32H,2-15,20,27H2,1H3/t21-,23-,24+,25-,26?/m1/s1/i1D. The number of hydrogen-bond acceptors (Lipinski definition) is 7. The van der Waals surface area contributed by atoms with Crippen molar-refractivity contribution in [3.8, 4) is 0 Å². The Labute approximate surface area is 201 Å². The Morgan fingerprint density at radius 1 is 0.939 bits per heavy atom. The third kappa shape index (κ3) is 10.8. The summed E-state index contributed by atoms with van der Waals surface area (Å²) in [5.41, 5.74) is 5.69. The predicted octanol–water partition coefficient (Wildman–Crippen LogP) is 3.28. The molecule has 7 nitrogen and oxygen atoms in total. The number of unbranched alkanes of at least 4 members (excludes halogenated alkanes) is 13. The lowest BCUT2D eigenvalue weighted by atomic mass is 9.88. The van der Waals surface area contributed by atoms with E-state index in [4.69, 9.17) is 11.8 Å². The molecule has 192 valence electrons. The highest BCUT2D eigenvalue weighted by atomic mass is 16.7. The molecule has 1 rings (SSSR count). The van der Waals surface area contributed by atoms with Gasteiger partial charge in [0.05, 0.1) is 12.6 Å². The van der Waals surface area contributed by atoms with Gasteiger partial charge in [-0.15, -0.1) is 0 Å². The maximum atomic E-state index is 12.4. The molecule has 0 bridgehead atoms. The fourth-order valence-electron chi connectivity index (χ4n) is 4.05. The van der Waals surface area contributed by atoms with Gasteiger partial charge in [0.1, 0.15) is 18.3 Å². The van der Waals surface area contributed by atoms with Crippen LogP contribution in [0.25, 0.3) is 0 Å². The van der Waals surface area contributed by atoms with Crippen molar-refractivity contribution >= 4 is 5.78 Å². The van der Waals surface area contributed by atoms with E-state index < -0.39 is 42.5 Å². The van der Waals surface area contributed by atoms with Gasteiger partial charge < -0.3 is 30.9 Å². The van der Waals surface area contributed by atoms with Crippen molar-refractivity contribution in [3.05, 3.63) is 24.3 Å². The fourth-order valence-corrected chi connectivity index (χ4v) is 4.05. The molecule has 0 aliphatic carbocycles. The number of allylic oxidation sites excluding steroid dienone is 3. The number of nitrogens with two attached hydrogens (primary N) is 1. The van der Waals surface area contributed by atoms with E-state index in [9.17, 15) is 25.2 Å². The number of ether oxygens (including phenoxy) is 1. The average Bonchev–Trinajstić information content (AvgIpc) is 2.84. The molecule has 0 aromatic carbocycles. The van der Waals surface area contributed by atoms with Crippen LogP contribution in [0.3, 0.4) is 0 Å². The summed E-state index contributed by atoms with van der Waals surface area (Å²) in [4.78, 5) is 12.4. The zero-order valence-corrected chi connectivity index (χ0v) is 20.1. The van der Waals surface area contributed by atoms with E-state index in [1.807, 2.05) is 6.08 Å². The first-order valence-corrected chi connectivity index (χ1v) is 12.7. The van der Waals surface area contributed by atoms with Crippen molar-refractivity contribution < 1.29 is 31.3 Å². The first kappa shape index (κ1) is 28.1. The van der Waals surface area contributed by atoms with E-state index in [0.717, 1.165) is 25.3 Å². The lowest BCUT2D eigenvalue weighted by Crippen LogP contribution is -2.70. The summed E-state index contributed by atoms with van der Waals surface area (Å²) < 4.78 is 12.2. The number of aliphatic hydroxyl groups is 4. The lowest BCUT2D eigenvalue weighted by Gasteiger charge is -2.44. The number of carbonyl (C=O) groups is 1. The van der Waals surface area contributed by atoms with E-state index in [-0.39, 0.29) is 0 Å². The minimum absolute atomic E-state index is 0.567. The molecule has 0 aromatic rings. The Morgan fingerprint density at radius 2 is 1.48 bits per heavy atom. The Hall–Kier alpha value is -1.09. The summed E-state index contributed by atoms with van der Waals surface area (Å²) in [6, 6.07) is -1.53. The normalized spacial score (nSPS) is 28.6. The Kier molecular flexibility index (Phi) is 14.8. The van der Waals surface area contributed by atoms with Crippen molar-refractivity contribution in [2.45, 2.75) is 127 Å². The molecule has 1 heterocycles. The molecule has 1 fully saturated rings. The van der Waals surface area contributed by atoms with Gasteiger partial charge in [-0.25, -0.2) is 0 Å². The molecule has 6 N–H and O–H groups in total. The highest BCUT2D eigenvalue weighted by molar-refractivity contribution is 5.96. The van der Waals surface area contributed by atoms with Crippen LogP contribution in [0.1, 0.15) is 98.2 Å². The van der Waals surface area contributed by atoms with Crippen molar-refractivity contribution in [1.29, 1.82) is 0 Å². The Morgan fingerprint density at radius 3 is 2.03 bits per heavy atom. The molecule has 1 aliphatic heterocycles. The predicted molar refractivity (Wildman–Crippen MR) is 130 cm³/mol. The van der Waals surface area contributed by atoms with Gasteiger partial charge in [-0.05, 0) is 18.9 Å². The van der Waals surface area contributed by atoms with Crippen molar-refractivity contribution in [2.75, 3.05) is 6.61 Å². The zero-order chi connectivity index (χ0) is 25.2. The van der Waals surface area contributed by atoms with Crippen molar-refractivity contribution in [1.82, 2.24) is 0 Å². The zero-order valence-electron chi connectivity index (χ0n) is 21.1. The van der Waals surface area contributed by atoms with E-state index in [2.05, 4.69) is 0 Å². The second kappa shape index (κ2) is 17.4. The van der Waals surface area contributed by atoms with Gasteiger partial charge in [0, 0.05) is 1.37 Å². The highest BCUT2D eigenvalue weighted by Crippen LogP contribution is 2.28. The topological polar surface area (TPSA) is 133 Å². The quantitative estimate of drug-likeness (QED) is 0.118. The van der Waals surface area contributed by atoms with Crippen LogP contribution in [0.4, 0.5) is 0 Å². The third-order valence-electron chi connectivity index (χ3n) is 6.28. The second-order valence-corrected chi connectivity index (χ2v) is 9.08. The molecule has 1 unspecified atom stereocenters. The molecule has 1 saturated heterocycles. The van der Waals surface area contributed by atoms with E-state index >= 15 is 0 Å². The van der Waals surface area contributed by atoms with Gasteiger partial charge in [-0.3, -0.25) is 4.79 Å². The molecule has 0 saturated carbocycles. The van der Waals surface area contributed by atoms with E-state index in [0.29, 0.717) is 6.90 Å². The molecule has 0 spiro atoms. The van der Waals surface area contributed by atoms with Gasteiger partial charge >= 0.3 is 0 Å². The van der Waals surface area contributed by atoms with Crippen molar-refractivity contribution in [3.63, 3.8) is 0 Å². The molecular formula is C26H47NO6. The average molecular weight is 471 g/mol. The number of carbonyl (C=O) groups excluding carboxylic acids is 1. The number of hydrogen-bond donors (Lipinski definition) is 5. The van der Waals surface area contributed by atoms with Crippen LogP contribution >= 0.6 is 0 Å². The molecule has 5 atom stereocenters. The van der Waals surface area contributed by atoms with Crippen LogP contribution in [0.5, 0.6) is 0 Å². The van der Waals surface area contributed by atoms with Crippen LogP contribution in [-0.2, 0) is 9.53 Å². The third-order valence-corrected chi connectivity index (χ3v) is 6.28. The summed E-state index contributed by atoms with van der Waals surface area (Å²) >= 11 is 0. The van der Waals surface area contributed by atoms with Gasteiger partial charge in [-0.2, -0.15) is 0 Å². The minimum Gasteiger partial charge on any atom is -0.394 e. The second-order valence-electron chi connectivity index (χ2n) is 9.08. The van der Waals surface area contributed by atoms with Gasteiger partial charge in [0.15, 0.2) is 0 Å². The highest BCUT2D eigenvalue weighted by Gasteiger charge is 2.55. The smallest absolute Gasteiger partial charge is 0.249 e. The first-order chi connectivity index (χ1) is 16.4. The molecule has 7 heteroatoms. The summed E-state index contributed by atoms with van der Waals surface area (Å²) in [5.74, 6) is -3.35. The van der Waals surface area contributed by atoms with E-state index in [1.165, 1.54) is 76.7 Å². The summed E-state index contributed by atoms with van der Waals surface area (Å²) in [6.45, 7) is -0.101.